The molecule has 4 aliphatic carbocycles. The van der Waals surface area contributed by atoms with Crippen molar-refractivity contribution in [1.29, 1.82) is 0 Å². The maximum atomic E-state index is 12.5. The lowest BCUT2D eigenvalue weighted by molar-refractivity contribution is -0.135. The second kappa shape index (κ2) is 5.31. The summed E-state index contributed by atoms with van der Waals surface area (Å²) in [4.78, 5) is 12.5. The second-order valence-corrected chi connectivity index (χ2v) is 9.03. The van der Waals surface area contributed by atoms with Crippen molar-refractivity contribution >= 4 is 5.78 Å². The minimum atomic E-state index is -0.746. The third kappa shape index (κ3) is 1.96. The molecule has 0 bridgehead atoms. The van der Waals surface area contributed by atoms with E-state index in [0.29, 0.717) is 30.0 Å². The van der Waals surface area contributed by atoms with Crippen LogP contribution in [0.25, 0.3) is 0 Å². The van der Waals surface area contributed by atoms with E-state index in [1.54, 1.807) is 7.11 Å². The van der Waals surface area contributed by atoms with Gasteiger partial charge in [-0.15, -0.1) is 0 Å². The van der Waals surface area contributed by atoms with Gasteiger partial charge in [0.25, 0.3) is 0 Å². The summed E-state index contributed by atoms with van der Waals surface area (Å²) in [5.74, 6) is 2.03. The lowest BCUT2D eigenvalue weighted by Gasteiger charge is -2.59. The molecule has 3 fully saturated rings. The van der Waals surface area contributed by atoms with Gasteiger partial charge < -0.3 is 14.9 Å². The Bertz CT molecular complexity index is 596. The molecule has 7 atom stereocenters. The highest BCUT2D eigenvalue weighted by atomic mass is 16.5. The van der Waals surface area contributed by atoms with Gasteiger partial charge in [-0.3, -0.25) is 4.79 Å². The molecule has 0 saturated heterocycles. The molecule has 0 aromatic rings. The van der Waals surface area contributed by atoms with E-state index in [9.17, 15) is 15.0 Å². The van der Waals surface area contributed by atoms with Gasteiger partial charge in [0.1, 0.15) is 17.6 Å². The maximum Gasteiger partial charge on any atom is 0.139 e. The minimum absolute atomic E-state index is 0.111. The van der Waals surface area contributed by atoms with E-state index in [-0.39, 0.29) is 22.7 Å². The molecule has 0 aliphatic heterocycles. The minimum Gasteiger partial charge on any atom is -0.509 e. The highest BCUT2D eigenvalue weighted by molar-refractivity contribution is 5.87. The molecule has 0 aromatic carbocycles. The number of ether oxygens (including phenoxy) is 1. The van der Waals surface area contributed by atoms with Crippen LogP contribution in [-0.4, -0.2) is 35.3 Å². The summed E-state index contributed by atoms with van der Waals surface area (Å²) in [6, 6.07) is 0. The van der Waals surface area contributed by atoms with Crippen LogP contribution in [-0.2, 0) is 9.53 Å². The van der Waals surface area contributed by atoms with Crippen LogP contribution in [0.2, 0.25) is 0 Å². The number of aliphatic hydroxyl groups is 2. The van der Waals surface area contributed by atoms with E-state index < -0.39 is 6.10 Å². The fourth-order valence-electron chi connectivity index (χ4n) is 6.86. The summed E-state index contributed by atoms with van der Waals surface area (Å²) in [5.41, 5.74) is 0.686. The first-order valence-electron chi connectivity index (χ1n) is 9.50. The van der Waals surface area contributed by atoms with Crippen molar-refractivity contribution in [2.75, 3.05) is 7.11 Å². The number of hydrogen-bond donors (Lipinski definition) is 2. The number of aliphatic hydroxyl groups excluding tert-OH is 2. The van der Waals surface area contributed by atoms with Crippen molar-refractivity contribution in [3.8, 4) is 0 Å². The zero-order chi connectivity index (χ0) is 17.3. The Morgan fingerprint density at radius 1 is 1.08 bits per heavy atom. The van der Waals surface area contributed by atoms with Gasteiger partial charge in [0.05, 0.1) is 6.10 Å². The van der Waals surface area contributed by atoms with E-state index >= 15 is 0 Å². The lowest BCUT2D eigenvalue weighted by atomic mass is 9.46. The monoisotopic (exact) mass is 334 g/mol. The summed E-state index contributed by atoms with van der Waals surface area (Å²) >= 11 is 0. The molecule has 4 heteroatoms. The number of carbonyl (C=O) groups excluding carboxylic acids is 1. The number of rotatable bonds is 1. The number of methoxy groups -OCH3 is 1. The molecule has 4 rings (SSSR count). The third-order valence-corrected chi connectivity index (χ3v) is 8.20. The Morgan fingerprint density at radius 3 is 2.46 bits per heavy atom. The highest BCUT2D eigenvalue weighted by Gasteiger charge is 2.61. The Hall–Kier alpha value is -0.870. The Balaban J connectivity index is 1.78. The Kier molecular flexibility index (Phi) is 3.67. The van der Waals surface area contributed by atoms with E-state index in [1.165, 1.54) is 0 Å². The molecule has 24 heavy (non-hydrogen) atoms. The molecule has 134 valence electrons. The second-order valence-electron chi connectivity index (χ2n) is 9.03. The van der Waals surface area contributed by atoms with Crippen molar-refractivity contribution < 1.29 is 19.7 Å². The number of carbonyl (C=O) groups is 1. The van der Waals surface area contributed by atoms with E-state index in [2.05, 4.69) is 13.8 Å². The molecule has 0 amide bonds. The molecular formula is C20H30O4. The van der Waals surface area contributed by atoms with Crippen LogP contribution in [0.3, 0.4) is 0 Å². The Morgan fingerprint density at radius 2 is 1.75 bits per heavy atom. The zero-order valence-electron chi connectivity index (χ0n) is 15.0. The first-order chi connectivity index (χ1) is 11.3. The van der Waals surface area contributed by atoms with Crippen molar-refractivity contribution in [3.63, 3.8) is 0 Å². The van der Waals surface area contributed by atoms with Gasteiger partial charge in [0.2, 0.25) is 0 Å². The molecule has 4 aliphatic rings. The maximum absolute atomic E-state index is 12.5. The topological polar surface area (TPSA) is 66.8 Å². The van der Waals surface area contributed by atoms with Crippen molar-refractivity contribution in [3.05, 3.63) is 11.3 Å². The predicted octanol–water partition coefficient (Wildman–Crippen LogP) is 3.39. The van der Waals surface area contributed by atoms with E-state index in [0.717, 1.165) is 44.1 Å². The van der Waals surface area contributed by atoms with Crippen molar-refractivity contribution in [1.82, 2.24) is 0 Å². The first kappa shape index (κ1) is 16.6. The molecule has 3 saturated carbocycles. The average Bonchev–Trinajstić information content (AvgIpc) is 2.86. The van der Waals surface area contributed by atoms with Crippen molar-refractivity contribution in [2.45, 2.75) is 71.0 Å². The largest absolute Gasteiger partial charge is 0.509 e. The molecule has 0 aromatic heterocycles. The predicted molar refractivity (Wildman–Crippen MR) is 90.5 cm³/mol. The summed E-state index contributed by atoms with van der Waals surface area (Å²) < 4.78 is 5.79. The van der Waals surface area contributed by atoms with Crippen LogP contribution in [0.1, 0.15) is 58.8 Å². The van der Waals surface area contributed by atoms with Gasteiger partial charge in [-0.1, -0.05) is 13.8 Å². The SMILES string of the molecule is COC1C[C@@H]2[C@H](CC[C@]3(C)C(=O)CC[C@@H]23)[C@@]2(C)CC[C@H](O)C(O)=C12. The van der Waals surface area contributed by atoms with Crippen LogP contribution in [0, 0.1) is 28.6 Å². The lowest BCUT2D eigenvalue weighted by Crippen LogP contribution is -2.55. The quantitative estimate of drug-likeness (QED) is 0.771. The number of fused-ring (bicyclic) bond motifs is 5. The van der Waals surface area contributed by atoms with Gasteiger partial charge >= 0.3 is 0 Å². The number of Topliss-reactive ketones (excluding diaryl/α,β-unsaturated/α-hetero) is 1. The van der Waals surface area contributed by atoms with Gasteiger partial charge in [-0.05, 0) is 61.7 Å². The molecule has 2 N–H and O–H groups in total. The van der Waals surface area contributed by atoms with Crippen LogP contribution >= 0.6 is 0 Å². The van der Waals surface area contributed by atoms with E-state index in [4.69, 9.17) is 4.74 Å². The summed E-state index contributed by atoms with van der Waals surface area (Å²) in [7, 11) is 1.70. The molecule has 0 radical (unpaired) electrons. The average molecular weight is 334 g/mol. The molecule has 0 heterocycles. The first-order valence-corrected chi connectivity index (χ1v) is 9.50. The Labute approximate surface area is 144 Å². The zero-order valence-corrected chi connectivity index (χ0v) is 15.0. The van der Waals surface area contributed by atoms with Crippen LogP contribution < -0.4 is 0 Å². The molecule has 1 unspecified atom stereocenters. The molecule has 0 spiro atoms. The van der Waals surface area contributed by atoms with Crippen LogP contribution in [0.4, 0.5) is 0 Å². The molecular weight excluding hydrogens is 304 g/mol. The van der Waals surface area contributed by atoms with Crippen LogP contribution in [0.15, 0.2) is 11.3 Å². The van der Waals surface area contributed by atoms with Gasteiger partial charge in [0.15, 0.2) is 0 Å². The number of hydrogen-bond acceptors (Lipinski definition) is 4. The summed E-state index contributed by atoms with van der Waals surface area (Å²) in [6.07, 6.45) is 5.26. The molecule has 4 nitrogen and oxygen atoms in total. The van der Waals surface area contributed by atoms with Gasteiger partial charge in [-0.25, -0.2) is 0 Å². The van der Waals surface area contributed by atoms with Gasteiger partial charge in [-0.2, -0.15) is 0 Å². The normalized spacial score (nSPS) is 51.2. The van der Waals surface area contributed by atoms with Gasteiger partial charge in [0, 0.05) is 24.5 Å². The fraction of sp³-hybridized carbons (Fsp3) is 0.850. The van der Waals surface area contributed by atoms with Crippen molar-refractivity contribution in [2.24, 2.45) is 28.6 Å². The van der Waals surface area contributed by atoms with E-state index in [1.807, 2.05) is 0 Å². The number of ketones is 1. The highest BCUT2D eigenvalue weighted by Crippen LogP contribution is 2.65. The fourth-order valence-corrected chi connectivity index (χ4v) is 6.86. The summed E-state index contributed by atoms with van der Waals surface area (Å²) in [5, 5.41) is 20.8. The summed E-state index contributed by atoms with van der Waals surface area (Å²) in [6.45, 7) is 4.44. The smallest absolute Gasteiger partial charge is 0.139 e. The van der Waals surface area contributed by atoms with Crippen LogP contribution in [0.5, 0.6) is 0 Å². The third-order valence-electron chi connectivity index (χ3n) is 8.20. The standard InChI is InChI=1S/C20H30O4/c1-19-8-6-13-11(12(19)4-5-16(19)22)10-15(24-3)17-18(23)14(21)7-9-20(13,17)2/h11-15,21,23H,4-10H2,1-3H3/t11-,12-,13-,14-,15?,19-,20+/m0/s1.